The molecule has 0 aliphatic heterocycles. The van der Waals surface area contributed by atoms with E-state index in [1.807, 2.05) is 30.3 Å². The van der Waals surface area contributed by atoms with E-state index in [9.17, 15) is 14.7 Å². The lowest BCUT2D eigenvalue weighted by molar-refractivity contribution is -0.139. The van der Waals surface area contributed by atoms with Gasteiger partial charge in [-0.3, -0.25) is 0 Å². The molecule has 6 heteroatoms. The molecule has 0 bridgehead atoms. The van der Waals surface area contributed by atoms with Crippen LogP contribution in [0.3, 0.4) is 0 Å². The van der Waals surface area contributed by atoms with Crippen LogP contribution in [0.15, 0.2) is 30.3 Å². The monoisotopic (exact) mass is 486 g/mol. The number of hydrogen-bond acceptors (Lipinski definition) is 4. The molecule has 3 N–H and O–H groups in total. The van der Waals surface area contributed by atoms with Crippen molar-refractivity contribution >= 4 is 12.1 Å². The minimum absolute atomic E-state index is 0.141. The molecule has 3 saturated carbocycles. The molecule has 0 heterocycles. The highest BCUT2D eigenvalue weighted by atomic mass is 16.5. The Balaban J connectivity index is 0.000000223. The van der Waals surface area contributed by atoms with Gasteiger partial charge in [0.2, 0.25) is 0 Å². The molecule has 1 aromatic carbocycles. The summed E-state index contributed by atoms with van der Waals surface area (Å²) in [6.45, 7) is 0.141. The SMILES string of the molecule is C1CCC(NC2CCCCC2)CC1.O=C(NC(CC1CCCCC1)C(=O)O)OCc1ccccc1. The number of rotatable bonds is 8. The maximum Gasteiger partial charge on any atom is 0.408 e. The third kappa shape index (κ3) is 11.0. The Kier molecular flexibility index (Phi) is 12.4. The summed E-state index contributed by atoms with van der Waals surface area (Å²) >= 11 is 0. The third-order valence-corrected chi connectivity index (χ3v) is 7.78. The van der Waals surface area contributed by atoms with Crippen molar-refractivity contribution in [2.75, 3.05) is 0 Å². The topological polar surface area (TPSA) is 87.7 Å². The first-order chi connectivity index (χ1) is 17.1. The molecule has 4 rings (SSSR count). The second-order valence-electron chi connectivity index (χ2n) is 10.7. The zero-order valence-electron chi connectivity index (χ0n) is 21.4. The number of nitrogens with one attached hydrogen (secondary N) is 2. The molecule has 0 saturated heterocycles. The third-order valence-electron chi connectivity index (χ3n) is 7.78. The molecular formula is C29H46N2O4. The van der Waals surface area contributed by atoms with Crippen LogP contribution in [0, 0.1) is 5.92 Å². The number of carbonyl (C=O) groups is 2. The summed E-state index contributed by atoms with van der Waals surface area (Å²) in [6, 6.07) is 10.2. The van der Waals surface area contributed by atoms with Gasteiger partial charge in [0.15, 0.2) is 0 Å². The highest BCUT2D eigenvalue weighted by Gasteiger charge is 2.26. The number of ether oxygens (including phenoxy) is 1. The second-order valence-corrected chi connectivity index (χ2v) is 10.7. The lowest BCUT2D eigenvalue weighted by Gasteiger charge is -2.30. The Labute approximate surface area is 211 Å². The van der Waals surface area contributed by atoms with Crippen LogP contribution in [-0.4, -0.2) is 35.3 Å². The van der Waals surface area contributed by atoms with E-state index in [1.165, 1.54) is 70.6 Å². The van der Waals surface area contributed by atoms with Gasteiger partial charge in [-0.15, -0.1) is 0 Å². The van der Waals surface area contributed by atoms with Crippen molar-refractivity contribution < 1.29 is 19.4 Å². The standard InChI is InChI=1S/C17H23NO4.C12H23N/c19-16(20)15(11-13-7-3-1-4-8-13)18-17(21)22-12-14-9-5-2-6-10-14;1-3-7-11(8-4-1)13-12-9-5-2-6-10-12/h2,5-6,9-10,13,15H,1,3-4,7-8,11-12H2,(H,18,21)(H,19,20);11-13H,1-10H2. The average molecular weight is 487 g/mol. The maximum atomic E-state index is 11.8. The van der Waals surface area contributed by atoms with Gasteiger partial charge >= 0.3 is 12.1 Å². The van der Waals surface area contributed by atoms with Crippen molar-refractivity contribution in [2.24, 2.45) is 5.92 Å². The van der Waals surface area contributed by atoms with E-state index in [0.29, 0.717) is 12.3 Å². The fraction of sp³-hybridized carbons (Fsp3) is 0.724. The van der Waals surface area contributed by atoms with Gasteiger partial charge in [-0.1, -0.05) is 101 Å². The summed E-state index contributed by atoms with van der Waals surface area (Å²) in [4.78, 5) is 23.1. The number of carbonyl (C=O) groups excluding carboxylic acids is 1. The summed E-state index contributed by atoms with van der Waals surface area (Å²) in [5.74, 6) is -0.619. The Morgan fingerprint density at radius 2 is 1.31 bits per heavy atom. The molecule has 0 aromatic heterocycles. The summed E-state index contributed by atoms with van der Waals surface area (Å²) < 4.78 is 5.08. The molecule has 3 aliphatic carbocycles. The van der Waals surface area contributed by atoms with E-state index in [1.54, 1.807) is 0 Å². The molecule has 0 spiro atoms. The normalized spacial score (nSPS) is 20.8. The summed E-state index contributed by atoms with van der Waals surface area (Å²) in [7, 11) is 0. The Hall–Kier alpha value is -2.08. The first-order valence-corrected chi connectivity index (χ1v) is 14.1. The fourth-order valence-corrected chi connectivity index (χ4v) is 5.76. The highest BCUT2D eigenvalue weighted by molar-refractivity contribution is 5.79. The van der Waals surface area contributed by atoms with Crippen LogP contribution in [-0.2, 0) is 16.1 Å². The van der Waals surface area contributed by atoms with E-state index < -0.39 is 18.1 Å². The maximum absolute atomic E-state index is 11.8. The molecule has 0 radical (unpaired) electrons. The van der Waals surface area contributed by atoms with Gasteiger partial charge in [-0.25, -0.2) is 9.59 Å². The lowest BCUT2D eigenvalue weighted by atomic mass is 9.85. The molecular weight excluding hydrogens is 440 g/mol. The minimum Gasteiger partial charge on any atom is -0.480 e. The Morgan fingerprint density at radius 3 is 1.83 bits per heavy atom. The number of aliphatic carboxylic acids is 1. The Morgan fingerprint density at radius 1 is 0.800 bits per heavy atom. The molecule has 1 unspecified atom stereocenters. The predicted octanol–water partition coefficient (Wildman–Crippen LogP) is 6.58. The van der Waals surface area contributed by atoms with Gasteiger partial charge in [0.05, 0.1) is 0 Å². The van der Waals surface area contributed by atoms with Crippen LogP contribution in [0.5, 0.6) is 0 Å². The number of hydrogen-bond donors (Lipinski definition) is 3. The lowest BCUT2D eigenvalue weighted by Crippen LogP contribution is -2.42. The fourth-order valence-electron chi connectivity index (χ4n) is 5.76. The van der Waals surface area contributed by atoms with Crippen molar-refractivity contribution in [3.63, 3.8) is 0 Å². The molecule has 1 amide bonds. The quantitative estimate of drug-likeness (QED) is 0.386. The number of benzene rings is 1. The molecule has 1 atom stereocenters. The first-order valence-electron chi connectivity index (χ1n) is 14.1. The van der Waals surface area contributed by atoms with Crippen molar-refractivity contribution in [3.05, 3.63) is 35.9 Å². The van der Waals surface area contributed by atoms with E-state index in [4.69, 9.17) is 4.74 Å². The van der Waals surface area contributed by atoms with Crippen LogP contribution >= 0.6 is 0 Å². The largest absolute Gasteiger partial charge is 0.480 e. The van der Waals surface area contributed by atoms with Crippen LogP contribution in [0.2, 0.25) is 0 Å². The number of carboxylic acids is 1. The van der Waals surface area contributed by atoms with Crippen molar-refractivity contribution in [1.29, 1.82) is 0 Å². The number of carboxylic acid groups (broad SMARTS) is 1. The van der Waals surface area contributed by atoms with Gasteiger partial charge in [0.1, 0.15) is 12.6 Å². The van der Waals surface area contributed by atoms with Crippen molar-refractivity contribution in [1.82, 2.24) is 10.6 Å². The highest BCUT2D eigenvalue weighted by Crippen LogP contribution is 2.27. The number of alkyl carbamates (subject to hydrolysis) is 1. The van der Waals surface area contributed by atoms with E-state index in [0.717, 1.165) is 43.3 Å². The van der Waals surface area contributed by atoms with E-state index in [-0.39, 0.29) is 6.61 Å². The number of amides is 1. The summed E-state index contributed by atoms with van der Waals surface area (Å²) in [5, 5.41) is 15.6. The van der Waals surface area contributed by atoms with Gasteiger partial charge in [-0.05, 0) is 43.6 Å². The van der Waals surface area contributed by atoms with Crippen LogP contribution < -0.4 is 10.6 Å². The summed E-state index contributed by atoms with van der Waals surface area (Å²) in [6.07, 6.45) is 20.0. The zero-order chi connectivity index (χ0) is 24.7. The van der Waals surface area contributed by atoms with E-state index >= 15 is 0 Å². The molecule has 3 fully saturated rings. The summed E-state index contributed by atoms with van der Waals surface area (Å²) in [5.41, 5.74) is 0.872. The Bertz CT molecular complexity index is 707. The predicted molar refractivity (Wildman–Crippen MR) is 139 cm³/mol. The average Bonchev–Trinajstić information content (AvgIpc) is 2.90. The molecule has 196 valence electrons. The van der Waals surface area contributed by atoms with Crippen LogP contribution in [0.25, 0.3) is 0 Å². The van der Waals surface area contributed by atoms with Gasteiger partial charge in [0.25, 0.3) is 0 Å². The first kappa shape index (κ1) is 27.5. The molecule has 3 aliphatic rings. The van der Waals surface area contributed by atoms with E-state index in [2.05, 4.69) is 10.6 Å². The molecule has 35 heavy (non-hydrogen) atoms. The van der Waals surface area contributed by atoms with Crippen LogP contribution in [0.4, 0.5) is 4.79 Å². The minimum atomic E-state index is -0.998. The molecule has 6 nitrogen and oxygen atoms in total. The van der Waals surface area contributed by atoms with Gasteiger partial charge < -0.3 is 20.5 Å². The van der Waals surface area contributed by atoms with Crippen molar-refractivity contribution in [2.45, 2.75) is 127 Å². The van der Waals surface area contributed by atoms with Gasteiger partial charge in [0, 0.05) is 12.1 Å². The molecule has 1 aromatic rings. The van der Waals surface area contributed by atoms with Crippen LogP contribution in [0.1, 0.15) is 108 Å². The zero-order valence-corrected chi connectivity index (χ0v) is 21.4. The van der Waals surface area contributed by atoms with Gasteiger partial charge in [-0.2, -0.15) is 0 Å². The van der Waals surface area contributed by atoms with Crippen molar-refractivity contribution in [3.8, 4) is 0 Å². The smallest absolute Gasteiger partial charge is 0.408 e. The second kappa shape index (κ2) is 15.8.